The Bertz CT molecular complexity index is 624. The van der Waals surface area contributed by atoms with Crippen molar-refractivity contribution in [2.24, 2.45) is 0 Å². The molecule has 21 heavy (non-hydrogen) atoms. The van der Waals surface area contributed by atoms with Gasteiger partial charge in [-0.05, 0) is 12.6 Å². The van der Waals surface area contributed by atoms with Gasteiger partial charge in [-0.25, -0.2) is 4.98 Å². The molecule has 0 aliphatic heterocycles. The molecule has 1 aromatic carbocycles. The van der Waals surface area contributed by atoms with Gasteiger partial charge in [0.1, 0.15) is 5.75 Å². The molecule has 2 rings (SSSR count). The predicted molar refractivity (Wildman–Crippen MR) is 78.4 cm³/mol. The Hall–Kier alpha value is -2.41. The highest BCUT2D eigenvalue weighted by molar-refractivity contribution is 5.43. The fourth-order valence-electron chi connectivity index (χ4n) is 2.04. The molecule has 0 bridgehead atoms. The number of nitro groups is 1. The molecule has 2 aromatic rings. The molecular formula is C14H18N4O3. The summed E-state index contributed by atoms with van der Waals surface area (Å²) < 4.78 is 7.14. The molecule has 7 heteroatoms. The van der Waals surface area contributed by atoms with Crippen LogP contribution in [0.4, 0.5) is 5.69 Å². The molecule has 0 unspecified atom stereocenters. The van der Waals surface area contributed by atoms with Crippen LogP contribution in [0.1, 0.15) is 18.2 Å². The zero-order valence-corrected chi connectivity index (χ0v) is 12.1. The van der Waals surface area contributed by atoms with E-state index in [4.69, 9.17) is 4.74 Å². The zero-order chi connectivity index (χ0) is 15.2. The fraction of sp³-hybridized carbons (Fsp3) is 0.357. The number of ether oxygens (including phenoxy) is 1. The van der Waals surface area contributed by atoms with E-state index in [-0.39, 0.29) is 5.69 Å². The summed E-state index contributed by atoms with van der Waals surface area (Å²) in [5.41, 5.74) is 1.74. The highest BCUT2D eigenvalue weighted by Crippen LogP contribution is 2.24. The Labute approximate surface area is 122 Å². The monoisotopic (exact) mass is 290 g/mol. The normalized spacial score (nSPS) is 10.6. The highest BCUT2D eigenvalue weighted by Gasteiger charge is 2.12. The Morgan fingerprint density at radius 2 is 2.29 bits per heavy atom. The smallest absolute Gasteiger partial charge is 0.270 e. The van der Waals surface area contributed by atoms with E-state index in [0.29, 0.717) is 18.8 Å². The van der Waals surface area contributed by atoms with E-state index < -0.39 is 4.92 Å². The van der Waals surface area contributed by atoms with E-state index in [1.54, 1.807) is 19.5 Å². The molecule has 0 aliphatic rings. The number of methoxy groups -OCH3 is 1. The fourth-order valence-corrected chi connectivity index (χ4v) is 2.04. The first-order valence-corrected chi connectivity index (χ1v) is 6.66. The van der Waals surface area contributed by atoms with Crippen molar-refractivity contribution in [1.82, 2.24) is 14.9 Å². The van der Waals surface area contributed by atoms with Gasteiger partial charge in [0, 0.05) is 30.4 Å². The third-order valence-electron chi connectivity index (χ3n) is 3.07. The minimum absolute atomic E-state index is 0.0544. The average Bonchev–Trinajstić information content (AvgIpc) is 2.92. The number of hydrogen-bond donors (Lipinski definition) is 1. The van der Waals surface area contributed by atoms with Crippen LogP contribution in [0.15, 0.2) is 30.7 Å². The van der Waals surface area contributed by atoms with E-state index in [9.17, 15) is 10.1 Å². The van der Waals surface area contributed by atoms with Crippen molar-refractivity contribution < 1.29 is 9.66 Å². The first-order valence-electron chi connectivity index (χ1n) is 6.66. The van der Waals surface area contributed by atoms with Crippen molar-refractivity contribution in [3.05, 3.63) is 52.1 Å². The summed E-state index contributed by atoms with van der Waals surface area (Å²) in [6.07, 6.45) is 3.63. The number of rotatable bonds is 7. The largest absolute Gasteiger partial charge is 0.496 e. The topological polar surface area (TPSA) is 82.2 Å². The third kappa shape index (κ3) is 3.79. The molecule has 0 saturated carbocycles. The molecule has 0 fully saturated rings. The average molecular weight is 290 g/mol. The number of aromatic nitrogens is 2. The van der Waals surface area contributed by atoms with Gasteiger partial charge < -0.3 is 14.6 Å². The number of hydrogen-bond acceptors (Lipinski definition) is 5. The Morgan fingerprint density at radius 3 is 2.95 bits per heavy atom. The van der Waals surface area contributed by atoms with Gasteiger partial charge in [-0.3, -0.25) is 10.1 Å². The van der Waals surface area contributed by atoms with Crippen LogP contribution >= 0.6 is 0 Å². The van der Waals surface area contributed by atoms with Gasteiger partial charge in [-0.15, -0.1) is 0 Å². The van der Waals surface area contributed by atoms with Crippen molar-refractivity contribution in [3.8, 4) is 5.75 Å². The molecule has 0 saturated heterocycles. The number of nitro benzene ring substituents is 1. The second-order valence-electron chi connectivity index (χ2n) is 4.57. The minimum Gasteiger partial charge on any atom is -0.496 e. The van der Waals surface area contributed by atoms with Crippen LogP contribution in [0, 0.1) is 10.1 Å². The van der Waals surface area contributed by atoms with Crippen LogP contribution in [-0.4, -0.2) is 28.1 Å². The van der Waals surface area contributed by atoms with Crippen LogP contribution in [0.2, 0.25) is 0 Å². The van der Waals surface area contributed by atoms with Gasteiger partial charge in [-0.2, -0.15) is 0 Å². The van der Waals surface area contributed by atoms with Crippen LogP contribution in [-0.2, 0) is 13.1 Å². The summed E-state index contributed by atoms with van der Waals surface area (Å²) in [7, 11) is 1.55. The molecule has 0 aliphatic carbocycles. The number of nitrogens with zero attached hydrogens (tertiary/aromatic N) is 3. The van der Waals surface area contributed by atoms with Gasteiger partial charge in [0.25, 0.3) is 5.69 Å². The van der Waals surface area contributed by atoms with Crippen molar-refractivity contribution in [1.29, 1.82) is 0 Å². The first-order chi connectivity index (χ1) is 10.1. The summed E-state index contributed by atoms with van der Waals surface area (Å²) in [4.78, 5) is 14.7. The van der Waals surface area contributed by atoms with Gasteiger partial charge in [0.05, 0.1) is 30.6 Å². The van der Waals surface area contributed by atoms with Crippen molar-refractivity contribution in [3.63, 3.8) is 0 Å². The second-order valence-corrected chi connectivity index (χ2v) is 4.57. The standard InChI is InChI=1S/C14H18N4O3/c1-3-15-7-12-9-17(10-16-12)8-11-6-13(18(19)20)4-5-14(11)21-2/h4-6,9-10,15H,3,7-8H2,1-2H3. The summed E-state index contributed by atoms with van der Waals surface area (Å²) in [6.45, 7) is 4.09. The lowest BCUT2D eigenvalue weighted by Crippen LogP contribution is -2.11. The number of nitrogens with one attached hydrogen (secondary N) is 1. The van der Waals surface area contributed by atoms with Crippen molar-refractivity contribution in [2.75, 3.05) is 13.7 Å². The van der Waals surface area contributed by atoms with Crippen LogP contribution in [0.3, 0.4) is 0 Å². The van der Waals surface area contributed by atoms with Gasteiger partial charge in [0.15, 0.2) is 0 Å². The van der Waals surface area contributed by atoms with Gasteiger partial charge in [0.2, 0.25) is 0 Å². The van der Waals surface area contributed by atoms with E-state index in [2.05, 4.69) is 10.3 Å². The minimum atomic E-state index is -0.409. The van der Waals surface area contributed by atoms with Crippen LogP contribution in [0.5, 0.6) is 5.75 Å². The lowest BCUT2D eigenvalue weighted by molar-refractivity contribution is -0.384. The molecule has 0 atom stereocenters. The van der Waals surface area contributed by atoms with Gasteiger partial charge >= 0.3 is 0 Å². The molecule has 112 valence electrons. The van der Waals surface area contributed by atoms with Crippen LogP contribution < -0.4 is 10.1 Å². The van der Waals surface area contributed by atoms with Crippen molar-refractivity contribution >= 4 is 5.69 Å². The number of non-ortho nitro benzene ring substituents is 1. The van der Waals surface area contributed by atoms with Gasteiger partial charge in [-0.1, -0.05) is 6.92 Å². The SMILES string of the molecule is CCNCc1cn(Cc2cc([N+](=O)[O-])ccc2OC)cn1. The lowest BCUT2D eigenvalue weighted by Gasteiger charge is -2.08. The molecule has 0 radical (unpaired) electrons. The first kappa shape index (κ1) is 15.0. The highest BCUT2D eigenvalue weighted by atomic mass is 16.6. The lowest BCUT2D eigenvalue weighted by atomic mass is 10.1. The summed E-state index contributed by atoms with van der Waals surface area (Å²) in [5, 5.41) is 14.1. The van der Waals surface area contributed by atoms with E-state index >= 15 is 0 Å². The van der Waals surface area contributed by atoms with Crippen molar-refractivity contribution in [2.45, 2.75) is 20.0 Å². The summed E-state index contributed by atoms with van der Waals surface area (Å²) >= 11 is 0. The third-order valence-corrected chi connectivity index (χ3v) is 3.07. The Morgan fingerprint density at radius 1 is 1.48 bits per heavy atom. The van der Waals surface area contributed by atoms with E-state index in [1.807, 2.05) is 17.7 Å². The molecule has 1 aromatic heterocycles. The second kappa shape index (κ2) is 6.85. The van der Waals surface area contributed by atoms with E-state index in [1.165, 1.54) is 12.1 Å². The zero-order valence-electron chi connectivity index (χ0n) is 12.1. The number of benzene rings is 1. The Balaban J connectivity index is 2.19. The maximum absolute atomic E-state index is 10.9. The molecule has 0 spiro atoms. The molecule has 1 heterocycles. The molecule has 7 nitrogen and oxygen atoms in total. The van der Waals surface area contributed by atoms with E-state index in [0.717, 1.165) is 17.8 Å². The molecule has 0 amide bonds. The predicted octanol–water partition coefficient (Wildman–Crippen LogP) is 1.96. The van der Waals surface area contributed by atoms with Crippen LogP contribution in [0.25, 0.3) is 0 Å². The maximum atomic E-state index is 10.9. The summed E-state index contributed by atoms with van der Waals surface area (Å²) in [6, 6.07) is 4.58. The maximum Gasteiger partial charge on any atom is 0.270 e. The Kier molecular flexibility index (Phi) is 4.89. The molecular weight excluding hydrogens is 272 g/mol. The quantitative estimate of drug-likeness (QED) is 0.622. The summed E-state index contributed by atoms with van der Waals surface area (Å²) in [5.74, 6) is 0.627. The molecule has 1 N–H and O–H groups in total. The number of imidazole rings is 1.